The molecule has 0 bridgehead atoms. The van der Waals surface area contributed by atoms with Gasteiger partial charge in [-0.2, -0.15) is 0 Å². The van der Waals surface area contributed by atoms with Gasteiger partial charge in [-0.3, -0.25) is 9.59 Å². The van der Waals surface area contributed by atoms with Gasteiger partial charge in [0.1, 0.15) is 29.2 Å². The van der Waals surface area contributed by atoms with Crippen LogP contribution in [0.15, 0.2) is 72.8 Å². The first-order valence-electron chi connectivity index (χ1n) is 13.8. The first-order chi connectivity index (χ1) is 19.5. The van der Waals surface area contributed by atoms with E-state index in [9.17, 15) is 24.6 Å². The van der Waals surface area contributed by atoms with Crippen molar-refractivity contribution in [3.8, 4) is 11.5 Å². The number of hydrogen-bond acceptors (Lipinski definition) is 6. The summed E-state index contributed by atoms with van der Waals surface area (Å²) in [5, 5.41) is 25.7. The number of phenolic OH excluding ortho intramolecular Hbond substituents is 2. The number of benzene rings is 3. The molecule has 0 aliphatic rings. The molecule has 9 nitrogen and oxygen atoms in total. The number of nitrogens with zero attached hydrogens (tertiary/aromatic N) is 1. The highest BCUT2D eigenvalue weighted by Gasteiger charge is 2.42. The third-order valence-electron chi connectivity index (χ3n) is 6.42. The van der Waals surface area contributed by atoms with Gasteiger partial charge in [0, 0.05) is 17.6 Å². The van der Waals surface area contributed by atoms with Crippen molar-refractivity contribution in [2.75, 3.05) is 5.32 Å². The molecule has 0 saturated heterocycles. The fourth-order valence-electron chi connectivity index (χ4n) is 4.56. The molecule has 3 rings (SSSR count). The predicted octanol–water partition coefficient (Wildman–Crippen LogP) is 5.85. The maximum atomic E-state index is 14.5. The van der Waals surface area contributed by atoms with Crippen molar-refractivity contribution < 1.29 is 29.3 Å². The second-order valence-corrected chi connectivity index (χ2v) is 12.3. The summed E-state index contributed by atoms with van der Waals surface area (Å²) < 4.78 is 5.47. The molecule has 0 spiro atoms. The number of carbonyl (C=O) groups is 3. The van der Waals surface area contributed by atoms with Crippen molar-refractivity contribution in [3.05, 3.63) is 89.5 Å². The number of aromatic hydroxyl groups is 2. The topological polar surface area (TPSA) is 128 Å². The number of amides is 3. The van der Waals surface area contributed by atoms with Gasteiger partial charge in [0.2, 0.25) is 5.91 Å². The van der Waals surface area contributed by atoms with Crippen LogP contribution < -0.4 is 10.6 Å². The van der Waals surface area contributed by atoms with Crippen LogP contribution in [0.4, 0.5) is 10.5 Å². The summed E-state index contributed by atoms with van der Waals surface area (Å²) in [6.07, 6.45) is -0.719. The first kappa shape index (κ1) is 32.0. The highest BCUT2D eigenvalue weighted by molar-refractivity contribution is 5.99. The lowest BCUT2D eigenvalue weighted by Crippen LogP contribution is -2.58. The standard InChI is InChI=1S/C33H41N3O6/c1-21-11-8-9-14-26(21)34-29(39)28(23-12-10-13-25(38)20-23)36(32(2,3)4)30(40)27(35-31(41)42-33(5,6)7)19-22-15-17-24(37)18-16-22/h8-18,20,27-28,37-38H,19H2,1-7H3,(H,34,39)(H,35,41). The number of nitrogens with one attached hydrogen (secondary N) is 2. The largest absolute Gasteiger partial charge is 0.508 e. The van der Waals surface area contributed by atoms with E-state index >= 15 is 0 Å². The van der Waals surface area contributed by atoms with Crippen LogP contribution in [-0.4, -0.2) is 50.2 Å². The molecular formula is C33H41N3O6. The number of hydrogen-bond donors (Lipinski definition) is 4. The van der Waals surface area contributed by atoms with Gasteiger partial charge < -0.3 is 30.5 Å². The van der Waals surface area contributed by atoms with Crippen molar-refractivity contribution in [3.63, 3.8) is 0 Å². The third-order valence-corrected chi connectivity index (χ3v) is 6.42. The minimum absolute atomic E-state index is 0.0602. The van der Waals surface area contributed by atoms with Crippen LogP contribution in [0.1, 0.15) is 64.3 Å². The monoisotopic (exact) mass is 575 g/mol. The second-order valence-electron chi connectivity index (χ2n) is 12.3. The fourth-order valence-corrected chi connectivity index (χ4v) is 4.56. The summed E-state index contributed by atoms with van der Waals surface area (Å²) in [6.45, 7) is 12.4. The predicted molar refractivity (Wildman–Crippen MR) is 162 cm³/mol. The molecule has 2 atom stereocenters. The van der Waals surface area contributed by atoms with Crippen LogP contribution >= 0.6 is 0 Å². The Labute approximate surface area is 247 Å². The van der Waals surface area contributed by atoms with Crippen molar-refractivity contribution in [1.29, 1.82) is 0 Å². The summed E-state index contributed by atoms with van der Waals surface area (Å²) in [5.41, 5.74) is 0.767. The van der Waals surface area contributed by atoms with Crippen molar-refractivity contribution in [2.45, 2.75) is 78.1 Å². The zero-order chi connectivity index (χ0) is 31.2. The highest BCUT2D eigenvalue weighted by Crippen LogP contribution is 2.33. The van der Waals surface area contributed by atoms with E-state index in [-0.39, 0.29) is 17.9 Å². The van der Waals surface area contributed by atoms with Crippen molar-refractivity contribution in [2.24, 2.45) is 0 Å². The Bertz CT molecular complexity index is 1410. The second kappa shape index (κ2) is 13.0. The SMILES string of the molecule is Cc1ccccc1NC(=O)C(c1cccc(O)c1)N(C(=O)C(Cc1ccc(O)cc1)NC(=O)OC(C)(C)C)C(C)(C)C. The summed E-state index contributed by atoms with van der Waals surface area (Å²) in [6, 6.07) is 17.5. The average Bonchev–Trinajstić information content (AvgIpc) is 2.87. The Morgan fingerprint density at radius 3 is 2.07 bits per heavy atom. The van der Waals surface area contributed by atoms with Crippen LogP contribution in [-0.2, 0) is 20.7 Å². The van der Waals surface area contributed by atoms with E-state index < -0.39 is 41.1 Å². The molecule has 4 N–H and O–H groups in total. The molecule has 0 saturated carbocycles. The van der Waals surface area contributed by atoms with Crippen LogP contribution in [0, 0.1) is 6.92 Å². The van der Waals surface area contributed by atoms with Crippen LogP contribution in [0.5, 0.6) is 11.5 Å². The van der Waals surface area contributed by atoms with E-state index in [4.69, 9.17) is 4.74 Å². The number of rotatable bonds is 8. The Morgan fingerprint density at radius 2 is 1.50 bits per heavy atom. The van der Waals surface area contributed by atoms with Crippen LogP contribution in [0.25, 0.3) is 0 Å². The van der Waals surface area contributed by atoms with E-state index in [1.54, 1.807) is 77.9 Å². The summed E-state index contributed by atoms with van der Waals surface area (Å²) in [4.78, 5) is 43.0. The number of carbonyl (C=O) groups excluding carboxylic acids is 3. The molecule has 3 aromatic rings. The molecule has 0 aliphatic heterocycles. The molecule has 0 aliphatic carbocycles. The zero-order valence-electron chi connectivity index (χ0n) is 25.3. The molecule has 3 aromatic carbocycles. The quantitative estimate of drug-likeness (QED) is 0.267. The van der Waals surface area contributed by atoms with Gasteiger partial charge in [-0.15, -0.1) is 0 Å². The molecule has 3 amide bonds. The first-order valence-corrected chi connectivity index (χ1v) is 13.8. The molecule has 0 heterocycles. The van der Waals surface area contributed by atoms with E-state index in [2.05, 4.69) is 10.6 Å². The van der Waals surface area contributed by atoms with E-state index in [0.717, 1.165) is 5.56 Å². The van der Waals surface area contributed by atoms with Crippen LogP contribution in [0.2, 0.25) is 0 Å². The molecule has 42 heavy (non-hydrogen) atoms. The van der Waals surface area contributed by atoms with Gasteiger partial charge in [0.25, 0.3) is 5.91 Å². The van der Waals surface area contributed by atoms with Gasteiger partial charge in [-0.05, 0) is 95.5 Å². The smallest absolute Gasteiger partial charge is 0.408 e. The Balaban J connectivity index is 2.11. The Morgan fingerprint density at radius 1 is 0.857 bits per heavy atom. The molecule has 224 valence electrons. The van der Waals surface area contributed by atoms with Crippen molar-refractivity contribution >= 4 is 23.6 Å². The van der Waals surface area contributed by atoms with E-state index in [1.165, 1.54) is 29.2 Å². The lowest BCUT2D eigenvalue weighted by atomic mass is 9.94. The van der Waals surface area contributed by atoms with Gasteiger partial charge in [-0.1, -0.05) is 42.5 Å². The van der Waals surface area contributed by atoms with E-state index in [0.29, 0.717) is 16.8 Å². The average molecular weight is 576 g/mol. The number of anilines is 1. The lowest BCUT2D eigenvalue weighted by Gasteiger charge is -2.43. The number of alkyl carbamates (subject to hydrolysis) is 1. The number of para-hydroxylation sites is 1. The summed E-state index contributed by atoms with van der Waals surface area (Å²) in [7, 11) is 0. The molecule has 0 fully saturated rings. The van der Waals surface area contributed by atoms with Gasteiger partial charge >= 0.3 is 6.09 Å². The van der Waals surface area contributed by atoms with Crippen LogP contribution in [0.3, 0.4) is 0 Å². The fraction of sp³-hybridized carbons (Fsp3) is 0.364. The van der Waals surface area contributed by atoms with Gasteiger partial charge in [-0.25, -0.2) is 4.79 Å². The normalized spacial score (nSPS) is 13.0. The molecule has 9 heteroatoms. The number of ether oxygens (including phenoxy) is 1. The minimum Gasteiger partial charge on any atom is -0.508 e. The minimum atomic E-state index is -1.17. The molecule has 0 radical (unpaired) electrons. The summed E-state index contributed by atoms with van der Waals surface area (Å²) >= 11 is 0. The highest BCUT2D eigenvalue weighted by atomic mass is 16.6. The van der Waals surface area contributed by atoms with Gasteiger partial charge in [0.15, 0.2) is 0 Å². The molecular weight excluding hydrogens is 534 g/mol. The number of aryl methyl sites for hydroxylation is 1. The zero-order valence-corrected chi connectivity index (χ0v) is 25.3. The third kappa shape index (κ3) is 8.73. The molecule has 0 aromatic heterocycles. The maximum absolute atomic E-state index is 14.5. The number of phenols is 2. The molecule has 2 unspecified atom stereocenters. The lowest BCUT2D eigenvalue weighted by molar-refractivity contribution is -0.146. The van der Waals surface area contributed by atoms with Gasteiger partial charge in [0.05, 0.1) is 0 Å². The summed E-state index contributed by atoms with van der Waals surface area (Å²) in [5.74, 6) is -1.02. The van der Waals surface area contributed by atoms with Crippen molar-refractivity contribution in [1.82, 2.24) is 10.2 Å². The Hall–Kier alpha value is -4.53. The van der Waals surface area contributed by atoms with E-state index in [1.807, 2.05) is 19.1 Å². The maximum Gasteiger partial charge on any atom is 0.408 e. The Kier molecular flexibility index (Phi) is 9.88.